The number of benzene rings is 2. The summed E-state index contributed by atoms with van der Waals surface area (Å²) in [6.07, 6.45) is 8.88. The van der Waals surface area contributed by atoms with Crippen molar-refractivity contribution >= 4 is 91.6 Å². The van der Waals surface area contributed by atoms with Crippen LogP contribution in [-0.2, 0) is 9.59 Å². The highest BCUT2D eigenvalue weighted by atomic mass is 33.1. The predicted molar refractivity (Wildman–Crippen MR) is 169 cm³/mol. The average molecular weight is 607 g/mol. The summed E-state index contributed by atoms with van der Waals surface area (Å²) in [6, 6.07) is 22.3. The molecule has 8 nitrogen and oxygen atoms in total. The first-order valence-electron chi connectivity index (χ1n) is 11.6. The molecular formula is C28H22N4O4S4. The normalized spacial score (nSPS) is 10.9. The molecule has 2 heterocycles. The standard InChI is InChI=1S/C28H22N4O4S4/c33-25(15-9-21-3-1-17-35-21)31-27(37)29-19-5-11-23(12-6-19)39-40-24-13-7-20(8-14-24)30-28(38)32-26(34)16-10-22-4-2-18-36-22/h1-18H,(H2,29,31,33,37)(H2,30,32,34,38)/b15-9-,16-10+. The first-order valence-corrected chi connectivity index (χ1v) is 14.6. The van der Waals surface area contributed by atoms with Crippen molar-refractivity contribution in [1.29, 1.82) is 0 Å². The first kappa shape index (κ1) is 28.9. The van der Waals surface area contributed by atoms with E-state index < -0.39 is 0 Å². The van der Waals surface area contributed by atoms with Gasteiger partial charge in [-0.25, -0.2) is 0 Å². The molecule has 2 amide bonds. The van der Waals surface area contributed by atoms with E-state index in [-0.39, 0.29) is 22.0 Å². The van der Waals surface area contributed by atoms with Crippen molar-refractivity contribution in [3.8, 4) is 0 Å². The van der Waals surface area contributed by atoms with Crippen LogP contribution in [-0.4, -0.2) is 22.0 Å². The van der Waals surface area contributed by atoms with Crippen LogP contribution in [0.25, 0.3) is 12.2 Å². The third-order valence-electron chi connectivity index (χ3n) is 4.82. The molecule has 4 N–H and O–H groups in total. The molecule has 202 valence electrons. The Labute approximate surface area is 249 Å². The topological polar surface area (TPSA) is 109 Å². The van der Waals surface area contributed by atoms with Gasteiger partial charge in [-0.2, -0.15) is 0 Å². The van der Waals surface area contributed by atoms with Crippen molar-refractivity contribution in [2.45, 2.75) is 9.79 Å². The predicted octanol–water partition coefficient (Wildman–Crippen LogP) is 6.72. The molecule has 0 radical (unpaired) electrons. The second-order valence-corrected chi connectivity index (χ2v) is 10.9. The molecule has 40 heavy (non-hydrogen) atoms. The molecule has 12 heteroatoms. The van der Waals surface area contributed by atoms with Crippen molar-refractivity contribution in [3.63, 3.8) is 0 Å². The number of nitrogens with one attached hydrogen (secondary N) is 4. The summed E-state index contributed by atoms with van der Waals surface area (Å²) in [5, 5.41) is 11.6. The van der Waals surface area contributed by atoms with E-state index in [2.05, 4.69) is 21.3 Å². The highest BCUT2D eigenvalue weighted by Crippen LogP contribution is 2.38. The molecule has 0 unspecified atom stereocenters. The SMILES string of the molecule is O=C(/C=C\c1ccco1)NC(=S)Nc1ccc(SSc2ccc(NC(=S)NC(=O)/C=C/c3ccco3)cc2)cc1. The summed E-state index contributed by atoms with van der Waals surface area (Å²) < 4.78 is 10.3. The van der Waals surface area contributed by atoms with Gasteiger partial charge in [-0.1, -0.05) is 21.6 Å². The number of carbonyl (C=O) groups excluding carboxylic acids is 2. The number of carbonyl (C=O) groups is 2. The summed E-state index contributed by atoms with van der Waals surface area (Å²) in [6.45, 7) is 0. The van der Waals surface area contributed by atoms with Crippen molar-refractivity contribution in [2.75, 3.05) is 10.6 Å². The van der Waals surface area contributed by atoms with Gasteiger partial charge in [0.05, 0.1) is 12.5 Å². The molecule has 2 aromatic carbocycles. The largest absolute Gasteiger partial charge is 0.465 e. The number of thiocarbonyl (C=S) groups is 2. The summed E-state index contributed by atoms with van der Waals surface area (Å²) in [5.74, 6) is 0.438. The number of furan rings is 2. The molecule has 4 aromatic rings. The summed E-state index contributed by atoms with van der Waals surface area (Å²) in [4.78, 5) is 26.1. The minimum Gasteiger partial charge on any atom is -0.465 e. The smallest absolute Gasteiger partial charge is 0.250 e. The molecule has 0 fully saturated rings. The Morgan fingerprint density at radius 1 is 0.625 bits per heavy atom. The molecule has 0 spiro atoms. The van der Waals surface area contributed by atoms with Gasteiger partial charge in [-0.05, 0) is 109 Å². The van der Waals surface area contributed by atoms with Gasteiger partial charge in [-0.3, -0.25) is 20.2 Å². The number of anilines is 2. The van der Waals surface area contributed by atoms with Gasteiger partial charge < -0.3 is 19.5 Å². The van der Waals surface area contributed by atoms with Crippen LogP contribution in [0.4, 0.5) is 11.4 Å². The summed E-state index contributed by atoms with van der Waals surface area (Å²) in [5.41, 5.74) is 1.51. The third-order valence-corrected chi connectivity index (χ3v) is 7.64. The maximum absolute atomic E-state index is 12.0. The fourth-order valence-corrected chi connectivity index (χ4v) is 5.37. The van der Waals surface area contributed by atoms with E-state index in [0.29, 0.717) is 11.5 Å². The lowest BCUT2D eigenvalue weighted by Gasteiger charge is -2.10. The Bertz CT molecular complexity index is 1380. The number of amides is 2. The molecule has 2 aromatic heterocycles. The van der Waals surface area contributed by atoms with Crippen molar-refractivity contribution < 1.29 is 18.4 Å². The van der Waals surface area contributed by atoms with Gasteiger partial charge in [0, 0.05) is 33.3 Å². The summed E-state index contributed by atoms with van der Waals surface area (Å²) in [7, 11) is 3.20. The van der Waals surface area contributed by atoms with Crippen molar-refractivity contribution in [1.82, 2.24) is 10.6 Å². The maximum Gasteiger partial charge on any atom is 0.250 e. The van der Waals surface area contributed by atoms with E-state index in [1.165, 1.54) is 24.7 Å². The zero-order valence-electron chi connectivity index (χ0n) is 20.7. The lowest BCUT2D eigenvalue weighted by atomic mass is 10.3. The third kappa shape index (κ3) is 9.89. The fourth-order valence-electron chi connectivity index (χ4n) is 3.00. The molecule has 0 atom stereocenters. The van der Waals surface area contributed by atoms with Gasteiger partial charge in [0.1, 0.15) is 11.5 Å². The quantitative estimate of drug-likeness (QED) is 0.0931. The Hall–Kier alpha value is -4.10. The number of hydrogen-bond donors (Lipinski definition) is 4. The maximum atomic E-state index is 12.0. The highest BCUT2D eigenvalue weighted by Gasteiger charge is 2.05. The molecule has 0 saturated carbocycles. The van der Waals surface area contributed by atoms with Crippen molar-refractivity contribution in [3.05, 3.63) is 109 Å². The number of rotatable bonds is 9. The zero-order chi connectivity index (χ0) is 28.2. The van der Waals surface area contributed by atoms with E-state index in [4.69, 9.17) is 33.3 Å². The van der Waals surface area contributed by atoms with Gasteiger partial charge >= 0.3 is 0 Å². The minimum absolute atomic E-state index is 0.196. The van der Waals surface area contributed by atoms with E-state index >= 15 is 0 Å². The van der Waals surface area contributed by atoms with Crippen LogP contribution in [0.3, 0.4) is 0 Å². The minimum atomic E-state index is -0.358. The summed E-state index contributed by atoms with van der Waals surface area (Å²) >= 11 is 10.4. The number of hydrogen-bond acceptors (Lipinski definition) is 8. The molecular weight excluding hydrogens is 585 g/mol. The Balaban J connectivity index is 1.17. The van der Waals surface area contributed by atoms with E-state index in [0.717, 1.165) is 21.2 Å². The molecule has 0 saturated heterocycles. The molecule has 0 aliphatic heterocycles. The fraction of sp³-hybridized carbons (Fsp3) is 0. The van der Waals surface area contributed by atoms with Gasteiger partial charge in [0.15, 0.2) is 10.2 Å². The van der Waals surface area contributed by atoms with Crippen molar-refractivity contribution in [2.24, 2.45) is 0 Å². The molecule has 0 bridgehead atoms. The second kappa shape index (κ2) is 14.9. The second-order valence-electron chi connectivity index (χ2n) is 7.80. The van der Waals surface area contributed by atoms with Crippen LogP contribution < -0.4 is 21.3 Å². The van der Waals surface area contributed by atoms with Crippen LogP contribution in [0.15, 0.2) is 116 Å². The lowest BCUT2D eigenvalue weighted by Crippen LogP contribution is -2.32. The van der Waals surface area contributed by atoms with Crippen LogP contribution in [0.1, 0.15) is 11.5 Å². The van der Waals surface area contributed by atoms with Crippen LogP contribution in [0, 0.1) is 0 Å². The highest BCUT2D eigenvalue weighted by molar-refractivity contribution is 8.76. The molecule has 0 aliphatic rings. The zero-order valence-corrected chi connectivity index (χ0v) is 23.9. The molecule has 4 rings (SSSR count). The van der Waals surface area contributed by atoms with Crippen LogP contribution in [0.2, 0.25) is 0 Å². The molecule has 0 aliphatic carbocycles. The van der Waals surface area contributed by atoms with Crippen LogP contribution >= 0.6 is 46.0 Å². The van der Waals surface area contributed by atoms with Gasteiger partial charge in [0.25, 0.3) is 0 Å². The van der Waals surface area contributed by atoms with Gasteiger partial charge in [0.2, 0.25) is 11.8 Å². The first-order chi connectivity index (χ1) is 19.4. The monoisotopic (exact) mass is 606 g/mol. The Morgan fingerprint density at radius 3 is 1.38 bits per heavy atom. The Morgan fingerprint density at radius 2 is 1.02 bits per heavy atom. The Kier molecular flexibility index (Phi) is 10.8. The average Bonchev–Trinajstić information content (AvgIpc) is 3.66. The van der Waals surface area contributed by atoms with E-state index in [1.807, 2.05) is 48.5 Å². The van der Waals surface area contributed by atoms with E-state index in [1.54, 1.807) is 58.0 Å². The lowest BCUT2D eigenvalue weighted by molar-refractivity contribution is -0.115. The van der Waals surface area contributed by atoms with E-state index in [9.17, 15) is 9.59 Å². The van der Waals surface area contributed by atoms with Gasteiger partial charge in [-0.15, -0.1) is 0 Å². The van der Waals surface area contributed by atoms with Crippen LogP contribution in [0.5, 0.6) is 0 Å².